The highest BCUT2D eigenvalue weighted by Gasteiger charge is 2.56. The molecule has 0 aromatic carbocycles. The van der Waals surface area contributed by atoms with Crippen molar-refractivity contribution in [3.05, 3.63) is 6.92 Å². The van der Waals surface area contributed by atoms with Crippen LogP contribution in [0.4, 0.5) is 0 Å². The summed E-state index contributed by atoms with van der Waals surface area (Å²) in [7, 11) is 1.75. The molecule has 2 aliphatic carbocycles. The lowest BCUT2D eigenvalue weighted by molar-refractivity contribution is -0.130. The second-order valence-electron chi connectivity index (χ2n) is 4.79. The largest absolute Gasteiger partial charge is 0.359 e. The maximum atomic E-state index is 11.7. The monoisotopic (exact) mass is 180 g/mol. The number of amides is 1. The molecule has 0 unspecified atom stereocenters. The van der Waals surface area contributed by atoms with Crippen molar-refractivity contribution < 1.29 is 4.79 Å². The SMILES string of the molecule is [CH2]CC12CCC(C(=O)NC)(CC1)C2. The van der Waals surface area contributed by atoms with Crippen molar-refractivity contribution in [2.45, 2.75) is 38.5 Å². The summed E-state index contributed by atoms with van der Waals surface area (Å²) in [5, 5.41) is 2.81. The Bertz CT molecular complexity index is 226. The van der Waals surface area contributed by atoms with Gasteiger partial charge in [0.05, 0.1) is 0 Å². The third kappa shape index (κ3) is 1.11. The fraction of sp³-hybridized carbons (Fsp3) is 0.818. The summed E-state index contributed by atoms with van der Waals surface area (Å²) in [5.41, 5.74) is 0.416. The highest BCUT2D eigenvalue weighted by Crippen LogP contribution is 2.62. The Balaban J connectivity index is 2.18. The van der Waals surface area contributed by atoms with Crippen LogP contribution >= 0.6 is 0 Å². The Kier molecular flexibility index (Phi) is 1.90. The van der Waals surface area contributed by atoms with Crippen LogP contribution in [0, 0.1) is 17.8 Å². The molecule has 0 saturated heterocycles. The van der Waals surface area contributed by atoms with E-state index in [0.717, 1.165) is 25.7 Å². The van der Waals surface area contributed by atoms with Gasteiger partial charge in [0.15, 0.2) is 0 Å². The molecule has 2 saturated carbocycles. The van der Waals surface area contributed by atoms with Gasteiger partial charge in [-0.15, -0.1) is 0 Å². The molecular weight excluding hydrogens is 162 g/mol. The molecule has 1 amide bonds. The predicted molar refractivity (Wildman–Crippen MR) is 52.0 cm³/mol. The number of hydrogen-bond donors (Lipinski definition) is 1. The van der Waals surface area contributed by atoms with E-state index in [1.165, 1.54) is 12.8 Å². The normalized spacial score (nSPS) is 42.3. The quantitative estimate of drug-likeness (QED) is 0.691. The van der Waals surface area contributed by atoms with Crippen molar-refractivity contribution >= 4 is 5.91 Å². The second kappa shape index (κ2) is 2.73. The van der Waals surface area contributed by atoms with Crippen molar-refractivity contribution in [3.63, 3.8) is 0 Å². The van der Waals surface area contributed by atoms with Crippen LogP contribution < -0.4 is 5.32 Å². The Morgan fingerprint density at radius 1 is 1.38 bits per heavy atom. The Hall–Kier alpha value is -0.530. The Labute approximate surface area is 80.1 Å². The van der Waals surface area contributed by atoms with Crippen molar-refractivity contribution in [2.24, 2.45) is 10.8 Å². The predicted octanol–water partition coefficient (Wildman–Crippen LogP) is 1.91. The zero-order valence-corrected chi connectivity index (χ0v) is 8.36. The number of nitrogens with one attached hydrogen (secondary N) is 1. The topological polar surface area (TPSA) is 29.1 Å². The van der Waals surface area contributed by atoms with E-state index in [9.17, 15) is 4.79 Å². The van der Waals surface area contributed by atoms with E-state index in [0.29, 0.717) is 5.41 Å². The second-order valence-corrected chi connectivity index (χ2v) is 4.79. The van der Waals surface area contributed by atoms with Gasteiger partial charge in [-0.1, -0.05) is 6.92 Å². The number of carbonyl (C=O) groups excluding carboxylic acids is 1. The van der Waals surface area contributed by atoms with Gasteiger partial charge in [-0.2, -0.15) is 0 Å². The molecule has 0 heterocycles. The van der Waals surface area contributed by atoms with Crippen LogP contribution in [-0.4, -0.2) is 13.0 Å². The van der Waals surface area contributed by atoms with E-state index in [4.69, 9.17) is 0 Å². The molecule has 0 aliphatic heterocycles. The van der Waals surface area contributed by atoms with Gasteiger partial charge in [-0.05, 0) is 43.9 Å². The summed E-state index contributed by atoms with van der Waals surface area (Å²) < 4.78 is 0. The Morgan fingerprint density at radius 2 is 2.00 bits per heavy atom. The van der Waals surface area contributed by atoms with Crippen LogP contribution in [0.25, 0.3) is 0 Å². The zero-order chi connectivity index (χ0) is 9.53. The first kappa shape index (κ1) is 9.04. The average Bonchev–Trinajstić information content (AvgIpc) is 2.74. The molecule has 1 N–H and O–H groups in total. The highest BCUT2D eigenvalue weighted by atomic mass is 16.2. The molecular formula is C11H18NO. The molecule has 2 fully saturated rings. The molecule has 0 aromatic rings. The third-order valence-corrected chi connectivity index (χ3v) is 4.22. The summed E-state index contributed by atoms with van der Waals surface area (Å²) >= 11 is 0. The molecule has 1 radical (unpaired) electrons. The lowest BCUT2D eigenvalue weighted by Gasteiger charge is -2.25. The molecule has 0 aromatic heterocycles. The average molecular weight is 180 g/mol. The summed E-state index contributed by atoms with van der Waals surface area (Å²) in [5.74, 6) is 0.264. The van der Waals surface area contributed by atoms with Crippen molar-refractivity contribution in [2.75, 3.05) is 7.05 Å². The van der Waals surface area contributed by atoms with Crippen molar-refractivity contribution in [3.8, 4) is 0 Å². The van der Waals surface area contributed by atoms with Gasteiger partial charge < -0.3 is 5.32 Å². The molecule has 0 spiro atoms. The standard InChI is InChI=1S/C11H18NO/c1-3-10-4-6-11(8-10,7-5-10)9(13)12-2/h1,3-8H2,2H3,(H,12,13). The maximum absolute atomic E-state index is 11.7. The smallest absolute Gasteiger partial charge is 0.225 e. The third-order valence-electron chi connectivity index (χ3n) is 4.22. The van der Waals surface area contributed by atoms with Gasteiger partial charge in [-0.25, -0.2) is 0 Å². The van der Waals surface area contributed by atoms with E-state index in [2.05, 4.69) is 12.2 Å². The summed E-state index contributed by atoms with van der Waals surface area (Å²) in [6, 6.07) is 0. The van der Waals surface area contributed by atoms with Gasteiger partial charge in [-0.3, -0.25) is 4.79 Å². The van der Waals surface area contributed by atoms with Crippen LogP contribution in [0.3, 0.4) is 0 Å². The van der Waals surface area contributed by atoms with Gasteiger partial charge in [0, 0.05) is 12.5 Å². The summed E-state index contributed by atoms with van der Waals surface area (Å²) in [6.07, 6.45) is 6.69. The molecule has 2 nitrogen and oxygen atoms in total. The van der Waals surface area contributed by atoms with Gasteiger partial charge in [0.1, 0.15) is 0 Å². The number of rotatable bonds is 2. The van der Waals surface area contributed by atoms with E-state index in [1.54, 1.807) is 7.05 Å². The van der Waals surface area contributed by atoms with Crippen LogP contribution in [0.1, 0.15) is 38.5 Å². The van der Waals surface area contributed by atoms with E-state index in [1.807, 2.05) is 0 Å². The zero-order valence-electron chi connectivity index (χ0n) is 8.36. The lowest BCUT2D eigenvalue weighted by atomic mass is 9.80. The van der Waals surface area contributed by atoms with E-state index < -0.39 is 0 Å². The number of hydrogen-bond acceptors (Lipinski definition) is 1. The molecule has 13 heavy (non-hydrogen) atoms. The molecule has 2 rings (SSSR count). The van der Waals surface area contributed by atoms with Crippen LogP contribution in [0.15, 0.2) is 0 Å². The maximum Gasteiger partial charge on any atom is 0.225 e. The first-order valence-corrected chi connectivity index (χ1v) is 5.18. The molecule has 2 heteroatoms. The fourth-order valence-corrected chi connectivity index (χ4v) is 3.24. The Morgan fingerprint density at radius 3 is 2.38 bits per heavy atom. The molecule has 73 valence electrons. The minimum absolute atomic E-state index is 0.00750. The number of carbonyl (C=O) groups is 1. The molecule has 2 aliphatic rings. The summed E-state index contributed by atoms with van der Waals surface area (Å²) in [6.45, 7) is 4.02. The first-order chi connectivity index (χ1) is 6.16. The van der Waals surface area contributed by atoms with Crippen LogP contribution in [0.2, 0.25) is 0 Å². The van der Waals surface area contributed by atoms with Gasteiger partial charge in [0.25, 0.3) is 0 Å². The minimum Gasteiger partial charge on any atom is -0.359 e. The van der Waals surface area contributed by atoms with Crippen LogP contribution in [-0.2, 0) is 4.79 Å². The molecule has 0 atom stereocenters. The number of fused-ring (bicyclic) bond motifs is 2. The highest BCUT2D eigenvalue weighted by molar-refractivity contribution is 5.83. The van der Waals surface area contributed by atoms with Crippen molar-refractivity contribution in [1.29, 1.82) is 0 Å². The lowest BCUT2D eigenvalue weighted by Crippen LogP contribution is -2.35. The minimum atomic E-state index is -0.00750. The van der Waals surface area contributed by atoms with Crippen LogP contribution in [0.5, 0.6) is 0 Å². The fourth-order valence-electron chi connectivity index (χ4n) is 3.24. The van der Waals surface area contributed by atoms with Gasteiger partial charge >= 0.3 is 0 Å². The summed E-state index contributed by atoms with van der Waals surface area (Å²) in [4.78, 5) is 11.7. The van der Waals surface area contributed by atoms with Gasteiger partial charge in [0.2, 0.25) is 5.91 Å². The van der Waals surface area contributed by atoms with Crippen molar-refractivity contribution in [1.82, 2.24) is 5.32 Å². The van der Waals surface area contributed by atoms with E-state index in [-0.39, 0.29) is 11.3 Å². The molecule has 2 bridgehead atoms. The van der Waals surface area contributed by atoms with E-state index >= 15 is 0 Å². The first-order valence-electron chi connectivity index (χ1n) is 5.18.